The Morgan fingerprint density at radius 2 is 1.93 bits per heavy atom. The molecule has 1 unspecified atom stereocenters. The maximum absolute atomic E-state index is 11.2. The highest BCUT2D eigenvalue weighted by atomic mass is 16.2. The first kappa shape index (κ1) is 10.6. The van der Waals surface area contributed by atoms with Crippen LogP contribution in [0.4, 0.5) is 0 Å². The van der Waals surface area contributed by atoms with Gasteiger partial charge in [-0.3, -0.25) is 19.3 Å². The maximum Gasteiger partial charge on any atom is 0.254 e. The lowest BCUT2D eigenvalue weighted by Crippen LogP contribution is -2.40. The standard InChI is InChI=1S/C10H12NO3/c1-2-3-4-8(7-12)11-9(13)5-6-10(11)14/h5-6,8H,2-4H2,1H3. The second-order valence-corrected chi connectivity index (χ2v) is 3.16. The van der Waals surface area contributed by atoms with Gasteiger partial charge in [0.25, 0.3) is 11.8 Å². The SMILES string of the molecule is CCCCC([C]=O)N1C(=O)C=CC1=O. The molecule has 1 atom stereocenters. The van der Waals surface area contributed by atoms with Gasteiger partial charge in [-0.1, -0.05) is 19.8 Å². The first-order valence-electron chi connectivity index (χ1n) is 4.63. The number of imide groups is 1. The average Bonchev–Trinajstić information content (AvgIpc) is 2.50. The first-order chi connectivity index (χ1) is 6.70. The Morgan fingerprint density at radius 3 is 2.36 bits per heavy atom. The third-order valence-electron chi connectivity index (χ3n) is 2.12. The molecule has 1 radical (unpaired) electrons. The van der Waals surface area contributed by atoms with Gasteiger partial charge < -0.3 is 0 Å². The van der Waals surface area contributed by atoms with Crippen molar-refractivity contribution in [2.45, 2.75) is 32.2 Å². The van der Waals surface area contributed by atoms with Crippen molar-refractivity contribution in [3.05, 3.63) is 12.2 Å². The van der Waals surface area contributed by atoms with Crippen LogP contribution in [0.25, 0.3) is 0 Å². The monoisotopic (exact) mass is 194 g/mol. The molecule has 0 aromatic heterocycles. The fraction of sp³-hybridized carbons (Fsp3) is 0.500. The molecular formula is C10H12NO3. The summed E-state index contributed by atoms with van der Waals surface area (Å²) in [5.74, 6) is -0.834. The van der Waals surface area contributed by atoms with Crippen LogP contribution in [0.3, 0.4) is 0 Å². The number of carbonyl (C=O) groups excluding carboxylic acids is 3. The van der Waals surface area contributed by atoms with Gasteiger partial charge in [0.05, 0.1) is 0 Å². The third kappa shape index (κ3) is 2.07. The van der Waals surface area contributed by atoms with Crippen LogP contribution >= 0.6 is 0 Å². The van der Waals surface area contributed by atoms with Crippen molar-refractivity contribution in [1.82, 2.24) is 4.90 Å². The maximum atomic E-state index is 11.2. The molecule has 4 nitrogen and oxygen atoms in total. The van der Waals surface area contributed by atoms with Crippen molar-refractivity contribution >= 4 is 18.1 Å². The van der Waals surface area contributed by atoms with Gasteiger partial charge in [-0.2, -0.15) is 0 Å². The lowest BCUT2D eigenvalue weighted by Gasteiger charge is -2.19. The van der Waals surface area contributed by atoms with E-state index >= 15 is 0 Å². The van der Waals surface area contributed by atoms with Gasteiger partial charge >= 0.3 is 0 Å². The molecule has 1 aliphatic rings. The molecule has 0 saturated carbocycles. The van der Waals surface area contributed by atoms with Crippen molar-refractivity contribution in [1.29, 1.82) is 0 Å². The van der Waals surface area contributed by atoms with Crippen molar-refractivity contribution in [2.24, 2.45) is 0 Å². The highest BCUT2D eigenvalue weighted by Gasteiger charge is 2.30. The molecule has 0 N–H and O–H groups in total. The largest absolute Gasteiger partial charge is 0.288 e. The van der Waals surface area contributed by atoms with Crippen molar-refractivity contribution < 1.29 is 14.4 Å². The third-order valence-corrected chi connectivity index (χ3v) is 2.12. The number of unbranched alkanes of at least 4 members (excludes halogenated alkanes) is 1. The van der Waals surface area contributed by atoms with Crippen molar-refractivity contribution in [3.8, 4) is 0 Å². The average molecular weight is 194 g/mol. The zero-order valence-corrected chi connectivity index (χ0v) is 8.03. The van der Waals surface area contributed by atoms with Crippen LogP contribution in [0.15, 0.2) is 12.2 Å². The van der Waals surface area contributed by atoms with E-state index < -0.39 is 17.9 Å². The summed E-state index contributed by atoms with van der Waals surface area (Å²) < 4.78 is 0. The molecule has 75 valence electrons. The minimum Gasteiger partial charge on any atom is -0.288 e. The van der Waals surface area contributed by atoms with E-state index in [0.29, 0.717) is 6.42 Å². The number of rotatable bonds is 5. The lowest BCUT2D eigenvalue weighted by atomic mass is 10.1. The second kappa shape index (κ2) is 4.69. The summed E-state index contributed by atoms with van der Waals surface area (Å²) in [5.41, 5.74) is 0. The summed E-state index contributed by atoms with van der Waals surface area (Å²) in [7, 11) is 0. The Morgan fingerprint density at radius 1 is 1.36 bits per heavy atom. The van der Waals surface area contributed by atoms with E-state index in [1.807, 2.05) is 6.92 Å². The topological polar surface area (TPSA) is 54.5 Å². The fourth-order valence-corrected chi connectivity index (χ4v) is 1.36. The summed E-state index contributed by atoms with van der Waals surface area (Å²) >= 11 is 0. The molecule has 0 aliphatic carbocycles. The van der Waals surface area contributed by atoms with E-state index in [0.717, 1.165) is 17.7 Å². The Balaban J connectivity index is 2.65. The zero-order chi connectivity index (χ0) is 10.6. The van der Waals surface area contributed by atoms with Crippen LogP contribution in [-0.4, -0.2) is 29.0 Å². The fourth-order valence-electron chi connectivity index (χ4n) is 1.36. The summed E-state index contributed by atoms with van der Waals surface area (Å²) in [6, 6.07) is -0.718. The van der Waals surface area contributed by atoms with Gasteiger partial charge in [0.2, 0.25) is 6.29 Å². The zero-order valence-electron chi connectivity index (χ0n) is 8.03. The van der Waals surface area contributed by atoms with E-state index in [1.54, 1.807) is 6.29 Å². The van der Waals surface area contributed by atoms with Gasteiger partial charge in [0, 0.05) is 12.2 Å². The number of amides is 2. The quantitative estimate of drug-likeness (QED) is 0.601. The second-order valence-electron chi connectivity index (χ2n) is 3.16. The van der Waals surface area contributed by atoms with Gasteiger partial charge in [-0.25, -0.2) is 0 Å². The molecular weight excluding hydrogens is 182 g/mol. The van der Waals surface area contributed by atoms with Crippen molar-refractivity contribution in [3.63, 3.8) is 0 Å². The van der Waals surface area contributed by atoms with Crippen molar-refractivity contribution in [2.75, 3.05) is 0 Å². The molecule has 4 heteroatoms. The Bertz CT molecular complexity index is 265. The van der Waals surface area contributed by atoms with Crippen LogP contribution in [0.2, 0.25) is 0 Å². The number of carbonyl (C=O) groups is 2. The van der Waals surface area contributed by atoms with Crippen LogP contribution in [0.5, 0.6) is 0 Å². The molecule has 2 amide bonds. The van der Waals surface area contributed by atoms with Gasteiger partial charge in [0.1, 0.15) is 6.04 Å². The van der Waals surface area contributed by atoms with Crippen LogP contribution in [0.1, 0.15) is 26.2 Å². The minimum atomic E-state index is -0.718. The van der Waals surface area contributed by atoms with Gasteiger partial charge in [-0.15, -0.1) is 0 Å². The summed E-state index contributed by atoms with van der Waals surface area (Å²) in [5, 5.41) is 0. The molecule has 0 aromatic rings. The highest BCUT2D eigenvalue weighted by Crippen LogP contribution is 2.12. The Kier molecular flexibility index (Phi) is 3.56. The van der Waals surface area contributed by atoms with Crippen LogP contribution in [-0.2, 0) is 14.4 Å². The number of hydrogen-bond donors (Lipinski definition) is 0. The van der Waals surface area contributed by atoms with Crippen LogP contribution < -0.4 is 0 Å². The molecule has 0 fully saturated rings. The molecule has 1 rings (SSSR count). The Hall–Kier alpha value is -1.45. The molecule has 14 heavy (non-hydrogen) atoms. The smallest absolute Gasteiger partial charge is 0.254 e. The molecule has 0 spiro atoms. The normalized spacial score (nSPS) is 17.6. The number of nitrogens with zero attached hydrogens (tertiary/aromatic N) is 1. The number of hydrogen-bond acceptors (Lipinski definition) is 3. The predicted molar refractivity (Wildman–Crippen MR) is 50.0 cm³/mol. The predicted octanol–water partition coefficient (Wildman–Crippen LogP) is 0.580. The lowest BCUT2D eigenvalue weighted by molar-refractivity contribution is -0.138. The van der Waals surface area contributed by atoms with Gasteiger partial charge in [0.15, 0.2) is 0 Å². The molecule has 0 saturated heterocycles. The summed E-state index contributed by atoms with van der Waals surface area (Å²) in [6.07, 6.45) is 6.31. The summed E-state index contributed by atoms with van der Waals surface area (Å²) in [4.78, 5) is 33.9. The highest BCUT2D eigenvalue weighted by molar-refractivity contribution is 6.14. The van der Waals surface area contributed by atoms with E-state index in [9.17, 15) is 14.4 Å². The minimum absolute atomic E-state index is 0.417. The molecule has 0 bridgehead atoms. The van der Waals surface area contributed by atoms with E-state index in [2.05, 4.69) is 0 Å². The van der Waals surface area contributed by atoms with Gasteiger partial charge in [-0.05, 0) is 6.42 Å². The van der Waals surface area contributed by atoms with E-state index in [4.69, 9.17) is 0 Å². The first-order valence-corrected chi connectivity index (χ1v) is 4.63. The van der Waals surface area contributed by atoms with E-state index in [-0.39, 0.29) is 0 Å². The molecule has 1 heterocycles. The summed E-state index contributed by atoms with van der Waals surface area (Å²) in [6.45, 7) is 1.98. The molecule has 0 aromatic carbocycles. The molecule has 1 aliphatic heterocycles. The Labute approximate surface area is 82.6 Å². The van der Waals surface area contributed by atoms with Crippen LogP contribution in [0, 0.1) is 0 Å². The van der Waals surface area contributed by atoms with E-state index in [1.165, 1.54) is 12.2 Å².